The van der Waals surface area contributed by atoms with Crippen molar-refractivity contribution in [3.63, 3.8) is 0 Å². The largest absolute Gasteiger partial charge is 0.435 e. The summed E-state index contributed by atoms with van der Waals surface area (Å²) >= 11 is 0. The summed E-state index contributed by atoms with van der Waals surface area (Å²) in [5.74, 6) is 0. The fourth-order valence-corrected chi connectivity index (χ4v) is 2.24. The van der Waals surface area contributed by atoms with Crippen LogP contribution < -0.4 is 0 Å². The van der Waals surface area contributed by atoms with Crippen LogP contribution in [0.25, 0.3) is 0 Å². The predicted octanol–water partition coefficient (Wildman–Crippen LogP) is -0.465. The normalized spacial score (nSPS) is 10.3. The molecule has 0 aliphatic carbocycles. The summed E-state index contributed by atoms with van der Waals surface area (Å²) in [4.78, 5) is 0. The first-order chi connectivity index (χ1) is 4.81. The van der Waals surface area contributed by atoms with Crippen molar-refractivity contribution in [1.82, 2.24) is 0 Å². The maximum atomic E-state index is 5.19. The smallest absolute Gasteiger partial charge is 0.411 e. The Kier molecular flexibility index (Phi) is 7.96. The Morgan fingerprint density at radius 2 is 2.30 bits per heavy atom. The molecule has 0 bridgehead atoms. The molecule has 3 nitrogen and oxygen atoms in total. The van der Waals surface area contributed by atoms with E-state index in [1.165, 1.54) is 0 Å². The standard InChI is InChI=1S/C3H6O3Si4/c1-3-10(2)6-9-5-8-4-7/h3H,1H2,2H3. The predicted molar refractivity (Wildman–Crippen MR) is 42.3 cm³/mol. The monoisotopic (exact) mass is 202 g/mol. The highest BCUT2D eigenvalue weighted by atomic mass is 28.4. The Balaban J connectivity index is 2.95. The van der Waals surface area contributed by atoms with E-state index in [-0.39, 0.29) is 20.0 Å². The van der Waals surface area contributed by atoms with E-state index in [0.29, 0.717) is 0 Å². The first kappa shape index (κ1) is 10.5. The molecule has 0 N–H and O–H groups in total. The number of hydrogen-bond donors (Lipinski definition) is 0. The second-order valence-corrected chi connectivity index (χ2v) is 5.70. The summed E-state index contributed by atoms with van der Waals surface area (Å²) in [7, 11) is 2.03. The molecule has 0 aliphatic rings. The minimum absolute atomic E-state index is 0.00124. The summed E-state index contributed by atoms with van der Waals surface area (Å²) < 4.78 is 14.6. The summed E-state index contributed by atoms with van der Waals surface area (Å²) in [6.45, 7) is 5.58. The van der Waals surface area contributed by atoms with Crippen LogP contribution in [0.5, 0.6) is 0 Å². The molecular formula is C3H6O3Si4. The van der Waals surface area contributed by atoms with Gasteiger partial charge in [-0.05, 0) is 6.55 Å². The third-order valence-electron chi connectivity index (χ3n) is 0.615. The van der Waals surface area contributed by atoms with E-state index >= 15 is 0 Å². The summed E-state index contributed by atoms with van der Waals surface area (Å²) in [6.07, 6.45) is 0. The molecule has 0 aromatic rings. The second-order valence-electron chi connectivity index (χ2n) is 1.29. The van der Waals surface area contributed by atoms with Crippen LogP contribution in [0.4, 0.5) is 0 Å². The van der Waals surface area contributed by atoms with E-state index in [2.05, 4.69) is 21.2 Å². The maximum Gasteiger partial charge on any atom is 0.411 e. The quantitative estimate of drug-likeness (QED) is 0.431. The van der Waals surface area contributed by atoms with E-state index in [4.69, 9.17) is 8.23 Å². The molecule has 7 heteroatoms. The van der Waals surface area contributed by atoms with Crippen LogP contribution in [-0.2, 0) is 12.3 Å². The fourth-order valence-electron chi connectivity index (χ4n) is 0.166. The van der Waals surface area contributed by atoms with Crippen molar-refractivity contribution in [2.45, 2.75) is 6.55 Å². The maximum absolute atomic E-state index is 5.19. The Bertz CT molecular complexity index is 89.8. The highest BCUT2D eigenvalue weighted by Crippen LogP contribution is 1.83. The fraction of sp³-hybridized carbons (Fsp3) is 0.333. The summed E-state index contributed by atoms with van der Waals surface area (Å²) in [6, 6.07) is 0. The van der Waals surface area contributed by atoms with Crippen LogP contribution in [-0.4, -0.2) is 39.5 Å². The molecule has 0 heterocycles. The molecule has 0 rings (SSSR count). The molecule has 0 aromatic carbocycles. The Morgan fingerprint density at radius 1 is 1.60 bits per heavy atom. The van der Waals surface area contributed by atoms with Crippen LogP contribution in [0.3, 0.4) is 0 Å². The Labute approximate surface area is 71.2 Å². The lowest BCUT2D eigenvalue weighted by Gasteiger charge is -2.02. The summed E-state index contributed by atoms with van der Waals surface area (Å²) in [5.41, 5.74) is 1.80. The molecule has 0 spiro atoms. The minimum Gasteiger partial charge on any atom is -0.435 e. The third-order valence-corrected chi connectivity index (χ3v) is 3.81. The van der Waals surface area contributed by atoms with Gasteiger partial charge < -0.3 is 12.3 Å². The molecule has 0 unspecified atom stereocenters. The van der Waals surface area contributed by atoms with Gasteiger partial charge in [0.2, 0.25) is 19.5 Å². The first-order valence-electron chi connectivity index (χ1n) is 2.42. The number of hydrogen-bond acceptors (Lipinski definition) is 3. The topological polar surface area (TPSA) is 27.7 Å². The van der Waals surface area contributed by atoms with Crippen LogP contribution >= 0.6 is 0 Å². The molecule has 0 saturated heterocycles. The van der Waals surface area contributed by atoms with Gasteiger partial charge in [-0.3, -0.25) is 0 Å². The number of rotatable bonds is 6. The molecule has 0 atom stereocenters. The SMILES string of the molecule is C=C[Si](C)O[Si]O[Si]O[Si]. The van der Waals surface area contributed by atoms with Crippen LogP contribution in [0.1, 0.15) is 0 Å². The molecule has 0 saturated carbocycles. The average molecular weight is 202 g/mol. The van der Waals surface area contributed by atoms with Crippen LogP contribution in [0.2, 0.25) is 6.55 Å². The van der Waals surface area contributed by atoms with Gasteiger partial charge in [-0.2, -0.15) is 0 Å². The van der Waals surface area contributed by atoms with Crippen molar-refractivity contribution in [2.75, 3.05) is 0 Å². The lowest BCUT2D eigenvalue weighted by molar-refractivity contribution is 0.436. The molecule has 8 radical (unpaired) electrons. The van der Waals surface area contributed by atoms with Gasteiger partial charge in [-0.15, -0.1) is 6.58 Å². The Hall–Kier alpha value is 0.488. The van der Waals surface area contributed by atoms with Gasteiger partial charge in [-0.25, -0.2) is 0 Å². The van der Waals surface area contributed by atoms with Crippen molar-refractivity contribution in [2.24, 2.45) is 0 Å². The van der Waals surface area contributed by atoms with Gasteiger partial charge in [0.05, 0.1) is 0 Å². The van der Waals surface area contributed by atoms with E-state index in [1.807, 2.05) is 6.55 Å². The van der Waals surface area contributed by atoms with Crippen LogP contribution in [0.15, 0.2) is 12.3 Å². The third kappa shape index (κ3) is 6.61. The molecule has 0 aliphatic heterocycles. The first-order valence-corrected chi connectivity index (χ1v) is 6.45. The summed E-state index contributed by atoms with van der Waals surface area (Å²) in [5, 5.41) is 0. The van der Waals surface area contributed by atoms with Crippen molar-refractivity contribution < 1.29 is 12.3 Å². The van der Waals surface area contributed by atoms with E-state index in [9.17, 15) is 0 Å². The van der Waals surface area contributed by atoms with Gasteiger partial charge in [0.25, 0.3) is 0 Å². The highest BCUT2D eigenvalue weighted by molar-refractivity contribution is 6.61. The van der Waals surface area contributed by atoms with Crippen LogP contribution in [0, 0.1) is 0 Å². The zero-order chi connectivity index (χ0) is 7.82. The van der Waals surface area contributed by atoms with Gasteiger partial charge in [0.1, 0.15) is 0 Å². The van der Waals surface area contributed by atoms with Gasteiger partial charge in [0, 0.05) is 0 Å². The minimum atomic E-state index is -0.825. The second kappa shape index (κ2) is 7.59. The molecule has 52 valence electrons. The Morgan fingerprint density at radius 3 is 2.80 bits per heavy atom. The average Bonchev–Trinajstić information content (AvgIpc) is 1.98. The molecular weight excluding hydrogens is 196 g/mol. The lowest BCUT2D eigenvalue weighted by Crippen LogP contribution is -2.18. The van der Waals surface area contributed by atoms with E-state index in [1.54, 1.807) is 5.70 Å². The van der Waals surface area contributed by atoms with Gasteiger partial charge >= 0.3 is 20.0 Å². The van der Waals surface area contributed by atoms with Crippen molar-refractivity contribution in [3.05, 3.63) is 12.3 Å². The van der Waals surface area contributed by atoms with E-state index < -0.39 is 9.04 Å². The van der Waals surface area contributed by atoms with Gasteiger partial charge in [0.15, 0.2) is 0 Å². The molecule has 0 amide bonds. The van der Waals surface area contributed by atoms with Crippen molar-refractivity contribution in [1.29, 1.82) is 0 Å². The lowest BCUT2D eigenvalue weighted by atomic mass is 11.3. The molecule has 0 fully saturated rings. The van der Waals surface area contributed by atoms with Gasteiger partial charge in [-0.1, -0.05) is 5.70 Å². The highest BCUT2D eigenvalue weighted by Gasteiger charge is 2.01. The zero-order valence-electron chi connectivity index (χ0n) is 5.51. The molecule has 0 aromatic heterocycles. The zero-order valence-corrected chi connectivity index (χ0v) is 9.51. The van der Waals surface area contributed by atoms with Crippen molar-refractivity contribution >= 4 is 39.5 Å². The van der Waals surface area contributed by atoms with Crippen molar-refractivity contribution in [3.8, 4) is 0 Å². The van der Waals surface area contributed by atoms with E-state index in [0.717, 1.165) is 0 Å². The molecule has 10 heavy (non-hydrogen) atoms.